The molecule has 0 fully saturated rings. The topological polar surface area (TPSA) is 26.3 Å². The minimum absolute atomic E-state index is 0.0832. The first-order valence-electron chi connectivity index (χ1n) is 6.47. The molecular weight excluding hydrogens is 302 g/mol. The van der Waals surface area contributed by atoms with Crippen molar-refractivity contribution in [2.75, 3.05) is 0 Å². The second-order valence-electron chi connectivity index (χ2n) is 6.04. The van der Waals surface area contributed by atoms with Crippen molar-refractivity contribution in [3.8, 4) is 0 Å². The molecule has 21 heavy (non-hydrogen) atoms. The first-order chi connectivity index (χ1) is 9.12. The highest BCUT2D eigenvalue weighted by atomic mass is 19.4. The van der Waals surface area contributed by atoms with Crippen LogP contribution >= 0.6 is 0 Å². The number of esters is 1. The lowest BCUT2D eigenvalue weighted by atomic mass is 9.73. The molecule has 126 valence electrons. The van der Waals surface area contributed by atoms with Crippen LogP contribution in [0.3, 0.4) is 0 Å². The van der Waals surface area contributed by atoms with Crippen LogP contribution in [0.15, 0.2) is 0 Å². The second-order valence-corrected chi connectivity index (χ2v) is 6.04. The van der Waals surface area contributed by atoms with Crippen LogP contribution in [-0.4, -0.2) is 24.4 Å². The zero-order valence-corrected chi connectivity index (χ0v) is 12.5. The van der Waals surface area contributed by atoms with Crippen molar-refractivity contribution in [2.24, 2.45) is 17.3 Å². The van der Waals surface area contributed by atoms with Gasteiger partial charge < -0.3 is 4.74 Å². The smallest absolute Gasteiger partial charge is 0.434 e. The number of carbonyl (C=O) groups is 1. The molecule has 0 unspecified atom stereocenters. The van der Waals surface area contributed by atoms with Crippen LogP contribution in [-0.2, 0) is 9.53 Å². The quantitative estimate of drug-likeness (QED) is 0.540. The van der Waals surface area contributed by atoms with Gasteiger partial charge in [-0.1, -0.05) is 27.7 Å². The molecule has 0 aromatic heterocycles. The van der Waals surface area contributed by atoms with Crippen LogP contribution < -0.4 is 0 Å². The minimum atomic E-state index is -5.69. The third kappa shape index (κ3) is 5.39. The van der Waals surface area contributed by atoms with Gasteiger partial charge in [-0.15, -0.1) is 0 Å². The van der Waals surface area contributed by atoms with Crippen molar-refractivity contribution >= 4 is 5.97 Å². The molecule has 0 aromatic carbocycles. The maximum atomic E-state index is 12.4. The van der Waals surface area contributed by atoms with E-state index in [2.05, 4.69) is 4.74 Å². The molecule has 0 saturated heterocycles. The number of hydrogen-bond donors (Lipinski definition) is 0. The Morgan fingerprint density at radius 2 is 1.33 bits per heavy atom. The van der Waals surface area contributed by atoms with Crippen molar-refractivity contribution < 1.29 is 35.9 Å². The van der Waals surface area contributed by atoms with E-state index in [1.165, 1.54) is 6.92 Å². The Hall–Kier alpha value is -0.950. The Bertz CT molecular complexity index is 345. The Kier molecular flexibility index (Phi) is 6.15. The van der Waals surface area contributed by atoms with Crippen molar-refractivity contribution in [1.82, 2.24) is 0 Å². The summed E-state index contributed by atoms with van der Waals surface area (Å²) in [4.78, 5) is 11.9. The van der Waals surface area contributed by atoms with Crippen molar-refractivity contribution in [3.05, 3.63) is 0 Å². The summed E-state index contributed by atoms with van der Waals surface area (Å²) in [7, 11) is 0. The standard InChI is InChI=1S/C13H20F6O2/c1-7(2)6-11(5,8(3)4)10(20)21-9(12(14,15)16)13(17,18)19/h7-9H,6H2,1-5H3/t11-/m0/s1. The van der Waals surface area contributed by atoms with Gasteiger partial charge in [0.25, 0.3) is 6.10 Å². The summed E-state index contributed by atoms with van der Waals surface area (Å²) in [5, 5.41) is 0. The summed E-state index contributed by atoms with van der Waals surface area (Å²) in [5.74, 6) is -2.03. The van der Waals surface area contributed by atoms with Crippen LogP contribution in [0.25, 0.3) is 0 Å². The summed E-state index contributed by atoms with van der Waals surface area (Å²) in [5.41, 5.74) is -1.41. The molecule has 0 spiro atoms. The fraction of sp³-hybridized carbons (Fsp3) is 0.923. The third-order valence-electron chi connectivity index (χ3n) is 3.39. The van der Waals surface area contributed by atoms with Gasteiger partial charge in [-0.3, -0.25) is 4.79 Å². The Morgan fingerprint density at radius 1 is 0.952 bits per heavy atom. The Labute approximate surface area is 119 Å². The summed E-state index contributed by atoms with van der Waals surface area (Å²) in [6.07, 6.45) is -15.3. The molecule has 0 radical (unpaired) electrons. The number of ether oxygens (including phenoxy) is 1. The lowest BCUT2D eigenvalue weighted by molar-refractivity contribution is -0.316. The SMILES string of the molecule is CC(C)C[C@](C)(C(=O)OC(C(F)(F)F)C(F)(F)F)C(C)C. The average Bonchev–Trinajstić information content (AvgIpc) is 2.20. The Morgan fingerprint density at radius 3 is 1.57 bits per heavy atom. The van der Waals surface area contributed by atoms with E-state index in [0.29, 0.717) is 0 Å². The molecule has 2 nitrogen and oxygen atoms in total. The molecule has 0 heterocycles. The maximum Gasteiger partial charge on any atom is 0.434 e. The predicted molar refractivity (Wildman–Crippen MR) is 64.4 cm³/mol. The minimum Gasteiger partial charge on any atom is -0.442 e. The number of halogens is 6. The van der Waals surface area contributed by atoms with Gasteiger partial charge in [-0.25, -0.2) is 0 Å². The van der Waals surface area contributed by atoms with Gasteiger partial charge in [-0.2, -0.15) is 26.3 Å². The maximum absolute atomic E-state index is 12.4. The predicted octanol–water partition coefficient (Wildman–Crippen LogP) is 4.73. The van der Waals surface area contributed by atoms with Crippen molar-refractivity contribution in [2.45, 2.75) is 59.5 Å². The van der Waals surface area contributed by atoms with E-state index >= 15 is 0 Å². The molecule has 0 amide bonds. The highest BCUT2D eigenvalue weighted by molar-refractivity contribution is 5.77. The van der Waals surface area contributed by atoms with Gasteiger partial charge >= 0.3 is 18.3 Å². The normalized spacial score (nSPS) is 16.5. The molecule has 0 saturated carbocycles. The van der Waals surface area contributed by atoms with Gasteiger partial charge in [0.05, 0.1) is 5.41 Å². The fourth-order valence-electron chi connectivity index (χ4n) is 1.96. The summed E-state index contributed by atoms with van der Waals surface area (Å²) < 4.78 is 78.4. The zero-order chi connectivity index (χ0) is 17.2. The molecule has 1 atom stereocenters. The van der Waals surface area contributed by atoms with Gasteiger partial charge in [-0.05, 0) is 25.2 Å². The van der Waals surface area contributed by atoms with E-state index in [0.717, 1.165) is 0 Å². The van der Waals surface area contributed by atoms with Crippen molar-refractivity contribution in [3.63, 3.8) is 0 Å². The molecule has 0 bridgehead atoms. The molecule has 0 aliphatic rings. The van der Waals surface area contributed by atoms with Crippen LogP contribution in [0.4, 0.5) is 26.3 Å². The van der Waals surface area contributed by atoms with Crippen molar-refractivity contribution in [1.29, 1.82) is 0 Å². The van der Waals surface area contributed by atoms with Crippen LogP contribution in [0.5, 0.6) is 0 Å². The zero-order valence-electron chi connectivity index (χ0n) is 12.5. The Balaban J connectivity index is 5.38. The lowest BCUT2D eigenvalue weighted by Gasteiger charge is -2.35. The highest BCUT2D eigenvalue weighted by Gasteiger charge is 2.61. The number of carbonyl (C=O) groups excluding carboxylic acids is 1. The van der Waals surface area contributed by atoms with E-state index < -0.39 is 35.8 Å². The number of hydrogen-bond acceptors (Lipinski definition) is 2. The highest BCUT2D eigenvalue weighted by Crippen LogP contribution is 2.40. The first kappa shape index (κ1) is 20.1. The van der Waals surface area contributed by atoms with Crippen LogP contribution in [0.2, 0.25) is 0 Å². The van der Waals surface area contributed by atoms with Gasteiger partial charge in [0, 0.05) is 0 Å². The molecule has 0 aromatic rings. The molecule has 0 rings (SSSR count). The van der Waals surface area contributed by atoms with E-state index in [9.17, 15) is 31.1 Å². The van der Waals surface area contributed by atoms with Gasteiger partial charge in [0.15, 0.2) is 0 Å². The van der Waals surface area contributed by atoms with Crippen LogP contribution in [0, 0.1) is 17.3 Å². The largest absolute Gasteiger partial charge is 0.442 e. The molecule has 8 heteroatoms. The third-order valence-corrected chi connectivity index (χ3v) is 3.39. The monoisotopic (exact) mass is 322 g/mol. The summed E-state index contributed by atoms with van der Waals surface area (Å²) in [6.45, 7) is 7.88. The molecular formula is C13H20F6O2. The summed E-state index contributed by atoms with van der Waals surface area (Å²) in [6, 6.07) is 0. The number of alkyl halides is 6. The summed E-state index contributed by atoms with van der Waals surface area (Å²) >= 11 is 0. The van der Waals surface area contributed by atoms with E-state index in [1.54, 1.807) is 27.7 Å². The second kappa shape index (κ2) is 6.44. The molecule has 0 N–H and O–H groups in total. The molecule has 0 aliphatic carbocycles. The van der Waals surface area contributed by atoms with E-state index in [-0.39, 0.29) is 12.3 Å². The van der Waals surface area contributed by atoms with Crippen LogP contribution in [0.1, 0.15) is 41.0 Å². The average molecular weight is 322 g/mol. The van der Waals surface area contributed by atoms with Gasteiger partial charge in [0.1, 0.15) is 0 Å². The van der Waals surface area contributed by atoms with E-state index in [4.69, 9.17) is 0 Å². The van der Waals surface area contributed by atoms with Gasteiger partial charge in [0.2, 0.25) is 0 Å². The lowest BCUT2D eigenvalue weighted by Crippen LogP contribution is -2.49. The van der Waals surface area contributed by atoms with E-state index in [1.807, 2.05) is 0 Å². The fourth-order valence-corrected chi connectivity index (χ4v) is 1.96. The first-order valence-corrected chi connectivity index (χ1v) is 6.47. The molecule has 0 aliphatic heterocycles. The number of rotatable bonds is 5.